The molecule has 0 bridgehead atoms. The topological polar surface area (TPSA) is 222 Å². The summed E-state index contributed by atoms with van der Waals surface area (Å²) in [6.07, 6.45) is 9.29. The smallest absolute Gasteiger partial charge is 0.226 e. The van der Waals surface area contributed by atoms with Gasteiger partial charge in [-0.1, -0.05) is 121 Å². The van der Waals surface area contributed by atoms with Gasteiger partial charge in [0.1, 0.15) is 28.8 Å². The van der Waals surface area contributed by atoms with E-state index in [1.807, 2.05) is 106 Å². The highest BCUT2D eigenvalue weighted by Gasteiger charge is 2.48. The summed E-state index contributed by atoms with van der Waals surface area (Å²) in [5.74, 6) is 2.11. The van der Waals surface area contributed by atoms with Crippen LogP contribution < -0.4 is 41.9 Å². The van der Waals surface area contributed by atoms with Gasteiger partial charge in [-0.05, 0) is 163 Å². The number of hydrogen-bond donors (Lipinski definition) is 4. The fourth-order valence-corrected chi connectivity index (χ4v) is 16.6. The van der Waals surface area contributed by atoms with Crippen molar-refractivity contribution in [3.05, 3.63) is 259 Å². The number of halogens is 4. The standard InChI is InChI=1S/C22H26N2O2.C21H23ClN2O2.C21H22F2N2O2.C21H23FN2O2/c23-15-18-6-8-20-19(14-18)22(16-26-20)10-12-24(13-11-22)21(25)9-7-17-4-2-1-3-5-17;22-17-3-1-2-15(10-17)12-20(25)24-8-6-21(7-9-24)14-26-19-5-4-16(13-23)11-18(19)21;22-17-3-1-14(10-18(17)23)11-20(26)25-7-5-21(6-8-25)13-27-19-4-2-15(12-24)9-16(19)21;22-17-3-1-2-15(10-17)12-20(25)24-8-6-21(7-9-24)14-26-19-5-4-16(13-23)11-18(19)21/h1-6,8,14H,7,9-13,15-16,23H2;1-5,10-11H,6-9,12-14,23H2;1-4,9-10H,5-8,11-13,24H2;1-5,10-11H,6-9,12-14,23H2. The molecule has 0 saturated carbocycles. The van der Waals surface area contributed by atoms with Crippen molar-refractivity contribution in [1.29, 1.82) is 0 Å². The van der Waals surface area contributed by atoms with Crippen molar-refractivity contribution in [1.82, 2.24) is 19.6 Å². The van der Waals surface area contributed by atoms with E-state index in [4.69, 9.17) is 53.5 Å². The van der Waals surface area contributed by atoms with Crippen molar-refractivity contribution in [3.8, 4) is 23.0 Å². The fraction of sp³-hybridized carbons (Fsp3) is 0.388. The number of fused-ring (bicyclic) bond motifs is 8. The second-order valence-electron chi connectivity index (χ2n) is 29.5. The van der Waals surface area contributed by atoms with Gasteiger partial charge in [-0.15, -0.1) is 0 Å². The van der Waals surface area contributed by atoms with Crippen LogP contribution in [0.1, 0.15) is 125 Å². The van der Waals surface area contributed by atoms with E-state index >= 15 is 0 Å². The van der Waals surface area contributed by atoms with Crippen LogP contribution in [0.3, 0.4) is 0 Å². The van der Waals surface area contributed by atoms with E-state index in [1.165, 1.54) is 46.0 Å². The monoisotopic (exact) mass is 1450 g/mol. The first-order valence-electron chi connectivity index (χ1n) is 36.8. The van der Waals surface area contributed by atoms with Crippen molar-refractivity contribution < 1.29 is 51.3 Å². The molecule has 550 valence electrons. The Hall–Kier alpha value is -9.24. The molecule has 0 atom stereocenters. The quantitative estimate of drug-likeness (QED) is 0.0846. The number of aryl methyl sites for hydroxylation is 1. The Morgan fingerprint density at radius 1 is 0.343 bits per heavy atom. The SMILES string of the molecule is NCc1ccc2c(c1)C1(CCN(C(=O)CCc3ccccc3)CC1)CO2.NCc1ccc2c(c1)C1(CCN(C(=O)Cc3ccc(F)c(F)c3)CC1)CO2.NCc1ccc2c(c1)C1(CCN(C(=O)Cc3cccc(Cl)c3)CC1)CO2.NCc1ccc2c(c1)C1(CCN(C(=O)Cc3cccc(F)c3)CC1)CO2. The largest absolute Gasteiger partial charge is 0.492 e. The Labute approximate surface area is 618 Å². The van der Waals surface area contributed by atoms with Crippen LogP contribution in [0.5, 0.6) is 23.0 Å². The fourth-order valence-electron chi connectivity index (χ4n) is 16.4. The molecule has 8 aromatic rings. The lowest BCUT2D eigenvalue weighted by atomic mass is 9.74. The molecule has 8 N–H and O–H groups in total. The summed E-state index contributed by atoms with van der Waals surface area (Å²) in [4.78, 5) is 58.1. The maximum absolute atomic E-state index is 13.4. The van der Waals surface area contributed by atoms with Crippen LogP contribution in [0.2, 0.25) is 5.02 Å². The van der Waals surface area contributed by atoms with Crippen LogP contribution in [-0.4, -0.2) is 122 Å². The predicted octanol–water partition coefficient (Wildman–Crippen LogP) is 12.0. The normalized spacial score (nSPS) is 17.8. The van der Waals surface area contributed by atoms with E-state index in [-0.39, 0.29) is 63.9 Å². The lowest BCUT2D eigenvalue weighted by Gasteiger charge is -2.38. The molecule has 20 heteroatoms. The number of benzene rings is 8. The Kier molecular flexibility index (Phi) is 23.0. The van der Waals surface area contributed by atoms with Crippen molar-refractivity contribution in [2.75, 3.05) is 78.8 Å². The molecule has 8 aliphatic heterocycles. The van der Waals surface area contributed by atoms with Crippen LogP contribution in [0.15, 0.2) is 170 Å². The number of amides is 4. The first-order chi connectivity index (χ1) is 50.9. The van der Waals surface area contributed by atoms with Gasteiger partial charge >= 0.3 is 0 Å². The molecule has 0 aromatic heterocycles. The number of carbonyl (C=O) groups is 4. The zero-order valence-corrected chi connectivity index (χ0v) is 60.3. The van der Waals surface area contributed by atoms with Gasteiger partial charge < -0.3 is 61.5 Å². The summed E-state index contributed by atoms with van der Waals surface area (Å²) < 4.78 is 63.4. The van der Waals surface area contributed by atoms with Crippen LogP contribution in [0.25, 0.3) is 0 Å². The van der Waals surface area contributed by atoms with Gasteiger partial charge in [0, 0.05) is 134 Å². The molecular weight excluding hydrogens is 1350 g/mol. The molecule has 4 amide bonds. The summed E-state index contributed by atoms with van der Waals surface area (Å²) in [6, 6.07) is 52.4. The van der Waals surface area contributed by atoms with Crippen LogP contribution in [0.4, 0.5) is 13.2 Å². The van der Waals surface area contributed by atoms with Gasteiger partial charge in [-0.2, -0.15) is 0 Å². The third kappa shape index (κ3) is 16.7. The number of nitrogens with zero attached hydrogens (tertiary/aromatic N) is 4. The maximum Gasteiger partial charge on any atom is 0.226 e. The van der Waals surface area contributed by atoms with Gasteiger partial charge in [0.15, 0.2) is 11.6 Å². The van der Waals surface area contributed by atoms with E-state index in [9.17, 15) is 32.3 Å². The zero-order valence-electron chi connectivity index (χ0n) is 59.5. The van der Waals surface area contributed by atoms with Gasteiger partial charge in [-0.25, -0.2) is 13.2 Å². The molecule has 16 rings (SSSR count). The Bertz CT molecular complexity index is 4300. The second-order valence-corrected chi connectivity index (χ2v) is 29.9. The third-order valence-corrected chi connectivity index (χ3v) is 23.2. The van der Waals surface area contributed by atoms with Crippen LogP contribution >= 0.6 is 11.6 Å². The number of piperidine rings is 4. The first kappa shape index (κ1) is 74.0. The number of nitrogens with two attached hydrogens (primary N) is 4. The average Bonchev–Trinajstić information content (AvgIpc) is 1.66. The number of carbonyl (C=O) groups excluding carboxylic acids is 4. The Morgan fingerprint density at radius 3 is 1.01 bits per heavy atom. The molecule has 105 heavy (non-hydrogen) atoms. The van der Waals surface area contributed by atoms with Crippen LogP contribution in [0, 0.1) is 17.5 Å². The van der Waals surface area contributed by atoms with Crippen molar-refractivity contribution in [3.63, 3.8) is 0 Å². The average molecular weight is 1450 g/mol. The molecule has 4 spiro atoms. The minimum atomic E-state index is -0.923. The minimum Gasteiger partial charge on any atom is -0.492 e. The molecule has 0 radical (unpaired) electrons. The molecule has 0 unspecified atom stereocenters. The van der Waals surface area contributed by atoms with Crippen molar-refractivity contribution in [2.45, 2.75) is 131 Å². The number of ether oxygens (including phenoxy) is 4. The lowest BCUT2D eigenvalue weighted by Crippen LogP contribution is -2.46. The number of likely N-dealkylation sites (tertiary alicyclic amines) is 4. The Morgan fingerprint density at radius 2 is 0.667 bits per heavy atom. The second kappa shape index (κ2) is 32.6. The molecule has 0 aliphatic carbocycles. The molecular formula is C85H94ClF3N8O8. The molecule has 8 aromatic carbocycles. The highest BCUT2D eigenvalue weighted by molar-refractivity contribution is 6.30. The van der Waals surface area contributed by atoms with E-state index in [0.29, 0.717) is 95.6 Å². The summed E-state index contributed by atoms with van der Waals surface area (Å²) in [7, 11) is 0. The third-order valence-electron chi connectivity index (χ3n) is 23.0. The molecule has 4 saturated heterocycles. The van der Waals surface area contributed by atoms with Crippen molar-refractivity contribution in [2.24, 2.45) is 22.9 Å². The van der Waals surface area contributed by atoms with Crippen LogP contribution in [-0.2, 0) is 92.7 Å². The summed E-state index contributed by atoms with van der Waals surface area (Å²) >= 11 is 6.02. The summed E-state index contributed by atoms with van der Waals surface area (Å²) in [6.45, 7) is 10.6. The first-order valence-corrected chi connectivity index (χ1v) is 37.2. The van der Waals surface area contributed by atoms with E-state index < -0.39 is 11.6 Å². The lowest BCUT2D eigenvalue weighted by molar-refractivity contribution is -0.133. The van der Waals surface area contributed by atoms with E-state index in [0.717, 1.165) is 159 Å². The van der Waals surface area contributed by atoms with Gasteiger partial charge in [-0.3, -0.25) is 19.2 Å². The van der Waals surface area contributed by atoms with Gasteiger partial charge in [0.25, 0.3) is 0 Å². The van der Waals surface area contributed by atoms with Crippen molar-refractivity contribution >= 4 is 35.2 Å². The highest BCUT2D eigenvalue weighted by atomic mass is 35.5. The Balaban J connectivity index is 0.000000124. The van der Waals surface area contributed by atoms with Gasteiger partial charge in [0.2, 0.25) is 23.6 Å². The number of rotatable bonds is 13. The van der Waals surface area contributed by atoms with E-state index in [1.54, 1.807) is 17.0 Å². The maximum atomic E-state index is 13.4. The molecule has 8 heterocycles. The predicted molar refractivity (Wildman–Crippen MR) is 399 cm³/mol. The summed E-state index contributed by atoms with van der Waals surface area (Å²) in [5, 5.41) is 0.670. The minimum absolute atomic E-state index is 0.0177. The molecule has 8 aliphatic rings. The molecule has 4 fully saturated rings. The van der Waals surface area contributed by atoms with E-state index in [2.05, 4.69) is 36.4 Å². The number of hydrogen-bond acceptors (Lipinski definition) is 12. The molecule has 16 nitrogen and oxygen atoms in total. The highest BCUT2D eigenvalue weighted by Crippen LogP contribution is 2.50. The van der Waals surface area contributed by atoms with Gasteiger partial charge in [0.05, 0.1) is 45.7 Å². The zero-order chi connectivity index (χ0) is 73.3. The summed E-state index contributed by atoms with van der Waals surface area (Å²) in [5.41, 5.74) is 36.0.